The summed E-state index contributed by atoms with van der Waals surface area (Å²) in [7, 11) is 0. The van der Waals surface area contributed by atoms with Crippen molar-refractivity contribution in [3.8, 4) is 0 Å². The Morgan fingerprint density at radius 3 is 2.71 bits per heavy atom. The number of carbonyl (C=O) groups excluding carboxylic acids is 3. The number of hydrogen-bond donors (Lipinski definition) is 1. The van der Waals surface area contributed by atoms with Crippen molar-refractivity contribution in [1.82, 2.24) is 9.80 Å². The first-order valence-corrected chi connectivity index (χ1v) is 12.6. The molecule has 1 aromatic carbocycles. The zero-order valence-electron chi connectivity index (χ0n) is 19.5. The van der Waals surface area contributed by atoms with Gasteiger partial charge in [0.1, 0.15) is 12.6 Å². The minimum absolute atomic E-state index is 0.0601. The van der Waals surface area contributed by atoms with Crippen LogP contribution in [0.5, 0.6) is 0 Å². The fourth-order valence-electron chi connectivity index (χ4n) is 5.80. The number of fused-ring (bicyclic) bond motifs is 1. The maximum absolute atomic E-state index is 14.1. The average molecular weight is 485 g/mol. The topological polar surface area (TPSA) is 87.1 Å². The highest BCUT2D eigenvalue weighted by atomic mass is 32.2. The van der Waals surface area contributed by atoms with E-state index < -0.39 is 34.6 Å². The molecule has 1 N–H and O–H groups in total. The molecule has 2 bridgehead atoms. The average Bonchev–Trinajstić information content (AvgIpc) is 3.49. The van der Waals surface area contributed by atoms with Crippen molar-refractivity contribution in [3.05, 3.63) is 61.2 Å². The number of carbonyl (C=O) groups is 3. The van der Waals surface area contributed by atoms with E-state index in [0.717, 1.165) is 12.0 Å². The van der Waals surface area contributed by atoms with Crippen LogP contribution in [-0.4, -0.2) is 74.5 Å². The number of thioether (sulfide) groups is 1. The minimum Gasteiger partial charge on any atom is -0.461 e. The van der Waals surface area contributed by atoms with Crippen molar-refractivity contribution in [2.24, 2.45) is 11.8 Å². The van der Waals surface area contributed by atoms with Gasteiger partial charge in [0.25, 0.3) is 0 Å². The van der Waals surface area contributed by atoms with Crippen molar-refractivity contribution in [2.75, 3.05) is 19.8 Å². The predicted octanol–water partition coefficient (Wildman–Crippen LogP) is 2.40. The second-order valence-electron chi connectivity index (χ2n) is 9.24. The lowest BCUT2D eigenvalue weighted by Crippen LogP contribution is -2.56. The molecule has 4 rings (SSSR count). The lowest BCUT2D eigenvalue weighted by Gasteiger charge is -2.38. The maximum atomic E-state index is 14.1. The summed E-state index contributed by atoms with van der Waals surface area (Å²) in [6, 6.07) is 8.38. The fourth-order valence-corrected chi connectivity index (χ4v) is 7.99. The van der Waals surface area contributed by atoms with E-state index in [1.807, 2.05) is 30.3 Å². The Morgan fingerprint density at radius 2 is 2.06 bits per heavy atom. The van der Waals surface area contributed by atoms with Gasteiger partial charge < -0.3 is 19.6 Å². The van der Waals surface area contributed by atoms with Crippen LogP contribution in [0.3, 0.4) is 0 Å². The van der Waals surface area contributed by atoms with Crippen LogP contribution in [0.1, 0.15) is 25.3 Å². The maximum Gasteiger partial charge on any atom is 0.311 e. The van der Waals surface area contributed by atoms with Crippen LogP contribution in [-0.2, 0) is 25.7 Å². The van der Waals surface area contributed by atoms with Gasteiger partial charge in [0.05, 0.1) is 29.2 Å². The molecule has 1 spiro atoms. The van der Waals surface area contributed by atoms with Gasteiger partial charge in [-0.1, -0.05) is 49.1 Å². The third-order valence-electron chi connectivity index (χ3n) is 7.20. The van der Waals surface area contributed by atoms with Crippen molar-refractivity contribution in [3.63, 3.8) is 0 Å². The number of rotatable bonds is 10. The Balaban J connectivity index is 1.71. The second kappa shape index (κ2) is 9.96. The van der Waals surface area contributed by atoms with Crippen LogP contribution < -0.4 is 0 Å². The lowest BCUT2D eigenvalue weighted by atomic mass is 9.71. The van der Waals surface area contributed by atoms with Gasteiger partial charge in [0, 0.05) is 18.3 Å². The monoisotopic (exact) mass is 484 g/mol. The molecule has 182 valence electrons. The molecule has 0 aromatic heterocycles. The molecule has 2 amide bonds. The molecule has 0 saturated carbocycles. The van der Waals surface area contributed by atoms with Crippen molar-refractivity contribution in [1.29, 1.82) is 0 Å². The van der Waals surface area contributed by atoms with Crippen molar-refractivity contribution >= 4 is 29.5 Å². The number of esters is 1. The molecule has 3 heterocycles. The summed E-state index contributed by atoms with van der Waals surface area (Å²) >= 11 is 1.59. The van der Waals surface area contributed by atoms with Gasteiger partial charge >= 0.3 is 5.97 Å². The highest BCUT2D eigenvalue weighted by molar-refractivity contribution is 8.02. The van der Waals surface area contributed by atoms with Crippen LogP contribution in [0.2, 0.25) is 0 Å². The number of aliphatic hydroxyl groups excluding tert-OH is 1. The number of aliphatic hydroxyl groups is 1. The first kappa shape index (κ1) is 24.5. The van der Waals surface area contributed by atoms with Gasteiger partial charge in [0.15, 0.2) is 0 Å². The number of hydrogen-bond acceptors (Lipinski definition) is 6. The highest BCUT2D eigenvalue weighted by Gasteiger charge is 2.74. The van der Waals surface area contributed by atoms with Crippen LogP contribution in [0.25, 0.3) is 0 Å². The van der Waals surface area contributed by atoms with Gasteiger partial charge in [-0.25, -0.2) is 0 Å². The predicted molar refractivity (Wildman–Crippen MR) is 131 cm³/mol. The molecule has 3 aliphatic rings. The summed E-state index contributed by atoms with van der Waals surface area (Å²) in [5.74, 6) is -2.06. The van der Waals surface area contributed by atoms with E-state index >= 15 is 0 Å². The molecule has 2 unspecified atom stereocenters. The summed E-state index contributed by atoms with van der Waals surface area (Å²) in [4.78, 5) is 44.2. The molecular weight excluding hydrogens is 452 g/mol. The number of ether oxygens (including phenoxy) is 1. The molecule has 0 aliphatic carbocycles. The Morgan fingerprint density at radius 1 is 1.32 bits per heavy atom. The first-order chi connectivity index (χ1) is 16.4. The molecule has 3 fully saturated rings. The van der Waals surface area contributed by atoms with Gasteiger partial charge in [-0.2, -0.15) is 0 Å². The van der Waals surface area contributed by atoms with Crippen LogP contribution in [0.15, 0.2) is 55.6 Å². The normalized spacial score (nSPS) is 30.1. The summed E-state index contributed by atoms with van der Waals surface area (Å²) in [5, 5.41) is 9.91. The molecule has 0 radical (unpaired) electrons. The third kappa shape index (κ3) is 3.96. The van der Waals surface area contributed by atoms with Crippen LogP contribution in [0.4, 0.5) is 0 Å². The largest absolute Gasteiger partial charge is 0.461 e. The number of likely N-dealkylation sites (tertiary alicyclic amines) is 1. The second-order valence-corrected chi connectivity index (χ2v) is 10.8. The Labute approximate surface area is 204 Å². The molecule has 7 nitrogen and oxygen atoms in total. The molecule has 3 aliphatic heterocycles. The quantitative estimate of drug-likeness (QED) is 0.405. The molecule has 8 heteroatoms. The molecule has 1 aromatic rings. The lowest BCUT2D eigenvalue weighted by molar-refractivity contribution is -0.153. The first-order valence-electron chi connectivity index (χ1n) is 11.7. The van der Waals surface area contributed by atoms with E-state index in [-0.39, 0.29) is 30.3 Å². The summed E-state index contributed by atoms with van der Waals surface area (Å²) in [6.45, 7) is 9.70. The zero-order valence-corrected chi connectivity index (χ0v) is 20.3. The van der Waals surface area contributed by atoms with Crippen LogP contribution >= 0.6 is 11.8 Å². The molecular formula is C26H32N2O5S. The van der Waals surface area contributed by atoms with Gasteiger partial charge in [-0.3, -0.25) is 14.4 Å². The molecule has 3 saturated heterocycles. The van der Waals surface area contributed by atoms with Gasteiger partial charge in [-0.15, -0.1) is 18.3 Å². The molecule has 6 atom stereocenters. The molecule has 34 heavy (non-hydrogen) atoms. The minimum atomic E-state index is -0.761. The van der Waals surface area contributed by atoms with E-state index in [0.29, 0.717) is 19.5 Å². The summed E-state index contributed by atoms with van der Waals surface area (Å²) in [5.41, 5.74) is 0.979. The van der Waals surface area contributed by atoms with E-state index in [1.165, 1.54) is 11.0 Å². The van der Waals surface area contributed by atoms with Crippen molar-refractivity contribution in [2.45, 2.75) is 48.4 Å². The number of benzene rings is 1. The summed E-state index contributed by atoms with van der Waals surface area (Å²) < 4.78 is 4.65. The summed E-state index contributed by atoms with van der Waals surface area (Å²) in [6.07, 6.45) is 4.60. The third-order valence-corrected chi connectivity index (χ3v) is 9.16. The Bertz CT molecular complexity index is 969. The standard InChI is InChI=1S/C26H32N2O5S/c1-4-13-27(15-18-9-7-6-8-10-18)24(31)22-26-12-11-19(34-26)20(25(32)33-14-5-2)21(26)23(30)28(22)17(3)16-29/h4-10,17,19-22,29H,1-2,11-16H2,3H3/t17-,19-,20+,21+,22?,26?/m1/s1. The highest BCUT2D eigenvalue weighted by Crippen LogP contribution is 2.66. The van der Waals surface area contributed by atoms with E-state index in [2.05, 4.69) is 13.2 Å². The van der Waals surface area contributed by atoms with E-state index in [4.69, 9.17) is 4.74 Å². The Kier molecular flexibility index (Phi) is 7.19. The number of nitrogens with zero attached hydrogens (tertiary/aromatic N) is 2. The van der Waals surface area contributed by atoms with Gasteiger partial charge in [-0.05, 0) is 25.3 Å². The van der Waals surface area contributed by atoms with E-state index in [9.17, 15) is 19.5 Å². The van der Waals surface area contributed by atoms with Crippen LogP contribution in [0, 0.1) is 11.8 Å². The van der Waals surface area contributed by atoms with Gasteiger partial charge in [0.2, 0.25) is 11.8 Å². The van der Waals surface area contributed by atoms with Crippen molar-refractivity contribution < 1.29 is 24.2 Å². The SMILES string of the molecule is C=CCOC(=O)[C@@H]1[C@H]2C(=O)N([C@H](C)CO)C(C(=O)N(CC=C)Cc3ccccc3)C23CC[C@H]1S3. The van der Waals surface area contributed by atoms with E-state index in [1.54, 1.807) is 29.7 Å². The fraction of sp³-hybridized carbons (Fsp3) is 0.500. The Hall–Kier alpha value is -2.58. The smallest absolute Gasteiger partial charge is 0.311 e. The number of amides is 2. The zero-order chi connectivity index (χ0) is 24.5.